The summed E-state index contributed by atoms with van der Waals surface area (Å²) in [6.07, 6.45) is 6.70. The van der Waals surface area contributed by atoms with Crippen molar-refractivity contribution in [3.8, 4) is 0 Å². The quantitative estimate of drug-likeness (QED) is 0.365. The maximum Gasteiger partial charge on any atom is 0.244 e. The molecule has 5 rings (SSSR count). The summed E-state index contributed by atoms with van der Waals surface area (Å²) in [5.74, 6) is 0.780. The molecule has 3 aromatic carbocycles. The second-order valence-corrected chi connectivity index (χ2v) is 8.70. The van der Waals surface area contributed by atoms with Crippen LogP contribution in [0, 0.1) is 24.2 Å². The van der Waals surface area contributed by atoms with E-state index in [1.165, 1.54) is 52.8 Å². The fourth-order valence-corrected chi connectivity index (χ4v) is 5.60. The molecule has 2 saturated carbocycles. The summed E-state index contributed by atoms with van der Waals surface area (Å²) >= 11 is 0. The summed E-state index contributed by atoms with van der Waals surface area (Å²) in [6.45, 7) is 4.44. The van der Waals surface area contributed by atoms with Gasteiger partial charge < -0.3 is 0 Å². The van der Waals surface area contributed by atoms with Crippen LogP contribution in [0.25, 0.3) is 21.5 Å². The fraction of sp³-hybridized carbons (Fsp3) is 0.360. The lowest BCUT2D eigenvalue weighted by molar-refractivity contribution is -0.123. The van der Waals surface area contributed by atoms with Crippen molar-refractivity contribution in [3.63, 3.8) is 0 Å². The van der Waals surface area contributed by atoms with Crippen molar-refractivity contribution in [2.24, 2.45) is 22.4 Å². The topological polar surface area (TPSA) is 41.5 Å². The Morgan fingerprint density at radius 2 is 1.64 bits per heavy atom. The number of nitrogens with zero attached hydrogens (tertiary/aromatic N) is 1. The third kappa shape index (κ3) is 2.56. The van der Waals surface area contributed by atoms with Gasteiger partial charge in [-0.2, -0.15) is 5.10 Å². The minimum absolute atomic E-state index is 0.0892. The Bertz CT molecular complexity index is 1060. The molecule has 0 saturated heterocycles. The lowest BCUT2D eigenvalue weighted by atomic mass is 9.90. The molecule has 2 fully saturated rings. The van der Waals surface area contributed by atoms with Crippen molar-refractivity contribution >= 4 is 33.7 Å². The zero-order chi connectivity index (χ0) is 19.3. The van der Waals surface area contributed by atoms with Gasteiger partial charge in [0, 0.05) is 11.5 Å². The third-order valence-electron chi connectivity index (χ3n) is 7.22. The summed E-state index contributed by atoms with van der Waals surface area (Å²) in [5, 5.41) is 9.20. The van der Waals surface area contributed by atoms with E-state index in [1.807, 2.05) is 6.21 Å². The lowest BCUT2D eigenvalue weighted by Gasteiger charge is -2.15. The van der Waals surface area contributed by atoms with Gasteiger partial charge in [-0.25, -0.2) is 5.43 Å². The molecule has 0 aliphatic heterocycles. The molecule has 142 valence electrons. The van der Waals surface area contributed by atoms with Crippen LogP contribution in [-0.4, -0.2) is 12.1 Å². The first-order valence-electron chi connectivity index (χ1n) is 10.3. The van der Waals surface area contributed by atoms with E-state index in [9.17, 15) is 4.79 Å². The van der Waals surface area contributed by atoms with Gasteiger partial charge in [-0.1, -0.05) is 68.3 Å². The number of carbonyl (C=O) groups excluding carboxylic acids is 1. The van der Waals surface area contributed by atoms with E-state index in [0.29, 0.717) is 5.92 Å². The van der Waals surface area contributed by atoms with E-state index in [2.05, 4.69) is 72.9 Å². The molecule has 3 atom stereocenters. The zero-order valence-corrected chi connectivity index (χ0v) is 16.5. The lowest BCUT2D eigenvalue weighted by Crippen LogP contribution is -2.22. The average Bonchev–Trinajstić information content (AvgIpc) is 3.36. The molecule has 0 unspecified atom stereocenters. The van der Waals surface area contributed by atoms with Crippen molar-refractivity contribution in [1.29, 1.82) is 0 Å². The largest absolute Gasteiger partial charge is 0.273 e. The Hall–Kier alpha value is -2.68. The monoisotopic (exact) mass is 370 g/mol. The number of nitrogens with one attached hydrogen (secondary N) is 1. The molecule has 0 radical (unpaired) electrons. The normalized spacial score (nSPS) is 26.5. The van der Waals surface area contributed by atoms with Crippen LogP contribution in [0.3, 0.4) is 0 Å². The van der Waals surface area contributed by atoms with Gasteiger partial charge in [-0.05, 0) is 58.2 Å². The number of hydrazone groups is 1. The second kappa shape index (κ2) is 6.44. The first-order valence-corrected chi connectivity index (χ1v) is 10.3. The van der Waals surface area contributed by atoms with E-state index >= 15 is 0 Å². The minimum Gasteiger partial charge on any atom is -0.273 e. The molecule has 2 aliphatic rings. The average molecular weight is 370 g/mol. The molecule has 3 aromatic rings. The third-order valence-corrected chi connectivity index (χ3v) is 7.22. The predicted molar refractivity (Wildman–Crippen MR) is 115 cm³/mol. The van der Waals surface area contributed by atoms with Crippen molar-refractivity contribution in [1.82, 2.24) is 5.43 Å². The summed E-state index contributed by atoms with van der Waals surface area (Å²) in [4.78, 5) is 12.7. The molecular weight excluding hydrogens is 344 g/mol. The van der Waals surface area contributed by atoms with E-state index in [1.54, 1.807) is 0 Å². The maximum atomic E-state index is 12.7. The predicted octanol–water partition coefficient (Wildman–Crippen LogP) is 5.58. The van der Waals surface area contributed by atoms with Gasteiger partial charge in [0.25, 0.3) is 0 Å². The van der Waals surface area contributed by atoms with Gasteiger partial charge in [-0.3, -0.25) is 4.79 Å². The number of carbonyl (C=O) groups is 1. The zero-order valence-electron chi connectivity index (χ0n) is 16.5. The molecule has 3 nitrogen and oxygen atoms in total. The molecule has 0 aromatic heterocycles. The van der Waals surface area contributed by atoms with E-state index in [0.717, 1.165) is 5.56 Å². The van der Waals surface area contributed by atoms with Gasteiger partial charge in [0.05, 0.1) is 6.21 Å². The highest BCUT2D eigenvalue weighted by molar-refractivity contribution is 6.15. The highest BCUT2D eigenvalue weighted by Crippen LogP contribution is 2.66. The number of benzene rings is 3. The van der Waals surface area contributed by atoms with Gasteiger partial charge in [0.2, 0.25) is 5.91 Å². The van der Waals surface area contributed by atoms with Gasteiger partial charge >= 0.3 is 0 Å². The van der Waals surface area contributed by atoms with Crippen molar-refractivity contribution in [3.05, 3.63) is 59.7 Å². The maximum absolute atomic E-state index is 12.7. The Labute approximate surface area is 165 Å². The van der Waals surface area contributed by atoms with Gasteiger partial charge in [-0.15, -0.1) is 0 Å². The number of hydrogen-bond donors (Lipinski definition) is 1. The number of aryl methyl sites for hydroxylation is 1. The molecule has 0 spiro atoms. The molecule has 0 heterocycles. The van der Waals surface area contributed by atoms with Crippen LogP contribution in [0.15, 0.2) is 53.6 Å². The van der Waals surface area contributed by atoms with Crippen LogP contribution in [0.4, 0.5) is 0 Å². The van der Waals surface area contributed by atoms with Gasteiger partial charge in [0.15, 0.2) is 0 Å². The van der Waals surface area contributed by atoms with Crippen molar-refractivity contribution in [2.45, 2.75) is 39.5 Å². The standard InChI is InChI=1S/C25H26N2O/c1-16-17-9-3-5-11-19(17)21(20-12-6-4-10-18(16)20)15-26-27-24(28)23-22-13-7-8-14-25(22,23)2/h3-6,9-12,15,22-23H,7-8,13-14H2,1-2H3,(H,27,28)/b26-15-/t22-,23+,25+/m1/s1. The summed E-state index contributed by atoms with van der Waals surface area (Å²) in [7, 11) is 0. The van der Waals surface area contributed by atoms with Gasteiger partial charge in [0.1, 0.15) is 0 Å². The first-order chi connectivity index (χ1) is 13.6. The molecular formula is C25H26N2O. The Kier molecular flexibility index (Phi) is 4.01. The number of rotatable bonds is 3. The number of hydrogen-bond acceptors (Lipinski definition) is 2. The Balaban J connectivity index is 1.48. The molecule has 1 amide bonds. The van der Waals surface area contributed by atoms with Crippen LogP contribution < -0.4 is 5.43 Å². The SMILES string of the molecule is Cc1c2ccccc2c(/C=N\NC(=O)[C@@H]2[C@H]3CCCC[C@@]32C)c2ccccc12. The molecule has 0 bridgehead atoms. The van der Waals surface area contributed by atoms with E-state index in [4.69, 9.17) is 0 Å². The summed E-state index contributed by atoms with van der Waals surface area (Å²) in [6, 6.07) is 16.8. The highest BCUT2D eigenvalue weighted by Gasteiger charge is 2.64. The molecule has 1 N–H and O–H groups in total. The second-order valence-electron chi connectivity index (χ2n) is 8.70. The van der Waals surface area contributed by atoms with Crippen molar-refractivity contribution < 1.29 is 4.79 Å². The molecule has 3 heteroatoms. The van der Waals surface area contributed by atoms with Crippen LogP contribution in [0.1, 0.15) is 43.7 Å². The van der Waals surface area contributed by atoms with E-state index < -0.39 is 0 Å². The molecule has 28 heavy (non-hydrogen) atoms. The smallest absolute Gasteiger partial charge is 0.244 e. The minimum atomic E-state index is 0.0892. The summed E-state index contributed by atoms with van der Waals surface area (Å²) in [5.41, 5.74) is 5.40. The molecule has 2 aliphatic carbocycles. The highest BCUT2D eigenvalue weighted by atomic mass is 16.2. The van der Waals surface area contributed by atoms with Crippen LogP contribution in [-0.2, 0) is 4.79 Å². The van der Waals surface area contributed by atoms with Crippen LogP contribution in [0.5, 0.6) is 0 Å². The van der Waals surface area contributed by atoms with Crippen LogP contribution >= 0.6 is 0 Å². The number of amides is 1. The van der Waals surface area contributed by atoms with Crippen molar-refractivity contribution in [2.75, 3.05) is 0 Å². The number of fused-ring (bicyclic) bond motifs is 3. The van der Waals surface area contributed by atoms with Crippen LogP contribution in [0.2, 0.25) is 0 Å². The Morgan fingerprint density at radius 3 is 2.21 bits per heavy atom. The fourth-order valence-electron chi connectivity index (χ4n) is 5.60. The summed E-state index contributed by atoms with van der Waals surface area (Å²) < 4.78 is 0. The van der Waals surface area contributed by atoms with E-state index in [-0.39, 0.29) is 17.2 Å². The first kappa shape index (κ1) is 17.4. The Morgan fingerprint density at radius 1 is 1.04 bits per heavy atom.